The molecule has 2 saturated heterocycles. The molecule has 14 heteroatoms. The maximum Gasteiger partial charge on any atom is 0.302 e. The summed E-state index contributed by atoms with van der Waals surface area (Å²) in [6.07, 6.45) is 7.60. The molecule has 2 aliphatic rings. The summed E-state index contributed by atoms with van der Waals surface area (Å²) >= 11 is 0. The Hall–Kier alpha value is -5.98. The smallest absolute Gasteiger partial charge is 0.302 e. The van der Waals surface area contributed by atoms with Crippen LogP contribution in [0.3, 0.4) is 0 Å². The summed E-state index contributed by atoms with van der Waals surface area (Å²) in [5.41, 5.74) is 23.1. The number of nitrogens with zero attached hydrogens (tertiary/aromatic N) is 9. The van der Waals surface area contributed by atoms with Crippen molar-refractivity contribution in [3.63, 3.8) is 0 Å². The molecule has 2 aromatic carbocycles. The predicted octanol–water partition coefficient (Wildman–Crippen LogP) is 5.91. The molecule has 0 bridgehead atoms. The summed E-state index contributed by atoms with van der Waals surface area (Å²) in [4.78, 5) is 53.0. The van der Waals surface area contributed by atoms with Gasteiger partial charge in [-0.15, -0.1) is 0 Å². The third-order valence-electron chi connectivity index (χ3n) is 10.1. The Morgan fingerprint density at radius 3 is 1.36 bits per heavy atom. The number of ether oxygens (including phenoxy) is 1. The summed E-state index contributed by atoms with van der Waals surface area (Å²) in [7, 11) is 0. The predicted molar refractivity (Wildman–Crippen MR) is 228 cm³/mol. The van der Waals surface area contributed by atoms with Crippen molar-refractivity contribution in [1.82, 2.24) is 19.8 Å². The van der Waals surface area contributed by atoms with Crippen LogP contribution in [0.25, 0.3) is 10.4 Å². The summed E-state index contributed by atoms with van der Waals surface area (Å²) in [6.45, 7) is 14.4. The topological polar surface area (TPSA) is 174 Å². The van der Waals surface area contributed by atoms with Crippen LogP contribution >= 0.6 is 0 Å². The van der Waals surface area contributed by atoms with Crippen molar-refractivity contribution in [2.24, 2.45) is 10.8 Å². The molecule has 0 saturated carbocycles. The third-order valence-corrected chi connectivity index (χ3v) is 10.1. The lowest BCUT2D eigenvalue weighted by molar-refractivity contribution is -0.140. The number of azide groups is 1. The Kier molecular flexibility index (Phi) is 18.5. The normalized spacial score (nSPS) is 13.6. The Balaban J connectivity index is 0.000000226. The summed E-state index contributed by atoms with van der Waals surface area (Å²) in [5, 5.41) is 3.57. The number of hydrogen-bond donors (Lipinski definition) is 1. The number of aryl methyl sites for hydroxylation is 4. The molecule has 2 amide bonds. The van der Waals surface area contributed by atoms with Gasteiger partial charge in [-0.1, -0.05) is 53.6 Å². The van der Waals surface area contributed by atoms with Crippen LogP contribution in [0.15, 0.2) is 90.3 Å². The van der Waals surface area contributed by atoms with Gasteiger partial charge in [-0.2, -0.15) is 0 Å². The molecular weight excluding hydrogens is 733 g/mol. The van der Waals surface area contributed by atoms with Crippen LogP contribution in [0.4, 0.5) is 11.4 Å². The van der Waals surface area contributed by atoms with Gasteiger partial charge in [0.05, 0.1) is 36.9 Å². The fourth-order valence-corrected chi connectivity index (χ4v) is 6.58. The van der Waals surface area contributed by atoms with Crippen molar-refractivity contribution < 1.29 is 19.1 Å². The second kappa shape index (κ2) is 23.9. The molecule has 0 radical (unpaired) electrons. The van der Waals surface area contributed by atoms with E-state index in [1.807, 2.05) is 34.3 Å². The number of piperazine rings is 2. The van der Waals surface area contributed by atoms with Crippen molar-refractivity contribution in [2.75, 3.05) is 68.8 Å². The number of carbonyl (C=O) groups is 3. The largest absolute Gasteiger partial charge is 0.466 e. The fourth-order valence-electron chi connectivity index (χ4n) is 6.58. The van der Waals surface area contributed by atoms with E-state index >= 15 is 0 Å². The fraction of sp³-hybridized carbons (Fsp3) is 0.432. The minimum absolute atomic E-state index is 0.147. The second-order valence-electron chi connectivity index (χ2n) is 14.2. The average Bonchev–Trinajstić information content (AvgIpc) is 3.25. The van der Waals surface area contributed by atoms with E-state index in [0.29, 0.717) is 19.7 Å². The first-order valence-electron chi connectivity index (χ1n) is 20.0. The standard InChI is InChI=1S/C20H24N6O.C20H26N4O.C4H8O2/c1-16(27)25-10-12-26(13-11-25)20-9-8-19(22-15-20)7-6-17-2-4-18(5-3-17)14-23-24-21;1-16(25)23-10-12-24(13-11-23)20-9-8-19(22-15-20)7-6-17-2-4-18(14-21)5-3-17;1-3-6-4(2)5/h2-5,8-9,15H,6-7,10-14H2,1H3;2-5,8-9,15H,6-7,10-14,21H2,1H3;3H2,1-2H3. The van der Waals surface area contributed by atoms with E-state index < -0.39 is 0 Å². The molecule has 0 spiro atoms. The van der Waals surface area contributed by atoms with E-state index in [2.05, 4.69) is 95.2 Å². The van der Waals surface area contributed by atoms with E-state index in [-0.39, 0.29) is 17.8 Å². The van der Waals surface area contributed by atoms with Crippen LogP contribution in [0.1, 0.15) is 61.3 Å². The minimum Gasteiger partial charge on any atom is -0.466 e. The Morgan fingerprint density at radius 1 is 0.638 bits per heavy atom. The van der Waals surface area contributed by atoms with Crippen LogP contribution < -0.4 is 15.5 Å². The van der Waals surface area contributed by atoms with E-state index in [0.717, 1.165) is 112 Å². The highest BCUT2D eigenvalue weighted by Crippen LogP contribution is 2.18. The highest BCUT2D eigenvalue weighted by Gasteiger charge is 2.20. The zero-order valence-electron chi connectivity index (χ0n) is 34.4. The molecule has 0 unspecified atom stereocenters. The molecule has 0 atom stereocenters. The lowest BCUT2D eigenvalue weighted by atomic mass is 10.1. The van der Waals surface area contributed by atoms with Gasteiger partial charge in [0.1, 0.15) is 0 Å². The molecule has 2 aromatic heterocycles. The minimum atomic E-state index is -0.211. The van der Waals surface area contributed by atoms with Gasteiger partial charge in [-0.05, 0) is 84.7 Å². The first-order chi connectivity index (χ1) is 28.1. The number of rotatable bonds is 12. The Morgan fingerprint density at radius 2 is 1.05 bits per heavy atom. The highest BCUT2D eigenvalue weighted by molar-refractivity contribution is 5.74. The summed E-state index contributed by atoms with van der Waals surface area (Å²) < 4.78 is 4.40. The Labute approximate surface area is 342 Å². The first kappa shape index (κ1) is 44.7. The molecule has 6 rings (SSSR count). The van der Waals surface area contributed by atoms with E-state index in [1.165, 1.54) is 18.1 Å². The maximum absolute atomic E-state index is 11.4. The molecule has 2 N–H and O–H groups in total. The highest BCUT2D eigenvalue weighted by atomic mass is 16.5. The van der Waals surface area contributed by atoms with E-state index in [4.69, 9.17) is 11.3 Å². The van der Waals surface area contributed by atoms with Crippen molar-refractivity contribution in [1.29, 1.82) is 0 Å². The van der Waals surface area contributed by atoms with Gasteiger partial charge in [0.2, 0.25) is 11.8 Å². The number of esters is 1. The van der Waals surface area contributed by atoms with Crippen LogP contribution in [0, 0.1) is 0 Å². The summed E-state index contributed by atoms with van der Waals surface area (Å²) in [5.74, 6) is 0.0964. The van der Waals surface area contributed by atoms with Crippen LogP contribution in [-0.4, -0.2) is 96.5 Å². The number of nitrogens with two attached hydrogens (primary N) is 1. The van der Waals surface area contributed by atoms with E-state index in [9.17, 15) is 14.4 Å². The number of carbonyl (C=O) groups excluding carboxylic acids is 3. The molecule has 308 valence electrons. The van der Waals surface area contributed by atoms with Gasteiger partial charge >= 0.3 is 5.97 Å². The molecule has 4 aromatic rings. The first-order valence-corrected chi connectivity index (χ1v) is 20.0. The number of amides is 2. The monoisotopic (exact) mass is 790 g/mol. The van der Waals surface area contributed by atoms with Crippen molar-refractivity contribution in [2.45, 2.75) is 66.5 Å². The number of anilines is 2. The average molecular weight is 791 g/mol. The molecular formula is C44H58N10O4. The second-order valence-corrected chi connectivity index (χ2v) is 14.2. The van der Waals surface area contributed by atoms with Gasteiger partial charge in [-0.3, -0.25) is 24.4 Å². The summed E-state index contributed by atoms with van der Waals surface area (Å²) in [6, 6.07) is 25.1. The molecule has 14 nitrogen and oxygen atoms in total. The third kappa shape index (κ3) is 15.2. The van der Waals surface area contributed by atoms with Gasteiger partial charge in [-0.25, -0.2) is 0 Å². The van der Waals surface area contributed by atoms with Gasteiger partial charge < -0.3 is 30.1 Å². The van der Waals surface area contributed by atoms with Crippen LogP contribution in [0.5, 0.6) is 0 Å². The molecule has 58 heavy (non-hydrogen) atoms. The quantitative estimate of drug-likeness (QED) is 0.0792. The van der Waals surface area contributed by atoms with Crippen molar-refractivity contribution >= 4 is 29.2 Å². The molecule has 0 aliphatic carbocycles. The SMILES string of the molecule is CC(=O)N1CCN(c2ccc(CCc3ccc(CN)cc3)nc2)CC1.CC(=O)N1CCN(c2ccc(CCc3ccc(CN=[N+]=[N-])cc3)nc2)CC1.CCOC(C)=O. The zero-order valence-corrected chi connectivity index (χ0v) is 34.4. The van der Waals surface area contributed by atoms with Gasteiger partial charge in [0.25, 0.3) is 0 Å². The lowest BCUT2D eigenvalue weighted by Crippen LogP contribution is -2.48. The van der Waals surface area contributed by atoms with Crippen molar-refractivity contribution in [3.8, 4) is 0 Å². The molecule has 4 heterocycles. The number of aromatic nitrogens is 2. The van der Waals surface area contributed by atoms with Gasteiger partial charge in [0, 0.05) is 96.0 Å². The Bertz CT molecular complexity index is 1900. The lowest BCUT2D eigenvalue weighted by Gasteiger charge is -2.35. The maximum atomic E-state index is 11.4. The van der Waals surface area contributed by atoms with Gasteiger partial charge in [0.15, 0.2) is 0 Å². The number of pyridine rings is 2. The number of hydrogen-bond acceptors (Lipinski definition) is 10. The van der Waals surface area contributed by atoms with Crippen LogP contribution in [-0.2, 0) is 57.9 Å². The molecule has 2 fully saturated rings. The van der Waals surface area contributed by atoms with Crippen molar-refractivity contribution in [3.05, 3.63) is 129 Å². The zero-order chi connectivity index (χ0) is 41.7. The van der Waals surface area contributed by atoms with Crippen LogP contribution in [0.2, 0.25) is 0 Å². The van der Waals surface area contributed by atoms with E-state index in [1.54, 1.807) is 20.8 Å². The number of benzene rings is 2. The molecule has 2 aliphatic heterocycles.